The topological polar surface area (TPSA) is 30.3 Å². The first-order chi connectivity index (χ1) is 9.11. The van der Waals surface area contributed by atoms with Crippen molar-refractivity contribution in [1.29, 1.82) is 0 Å². The number of hydrogen-bond acceptors (Lipinski definition) is 3. The fourth-order valence-corrected chi connectivity index (χ4v) is 3.06. The van der Waals surface area contributed by atoms with Crippen LogP contribution in [-0.2, 0) is 18.3 Å². The molecule has 0 aromatic carbocycles. The Bertz CT molecular complexity index is 416. The summed E-state index contributed by atoms with van der Waals surface area (Å²) in [7, 11) is 2.00. The van der Waals surface area contributed by atoms with Gasteiger partial charge < -0.3 is 4.74 Å². The molecule has 1 aliphatic rings. The van der Waals surface area contributed by atoms with Crippen LogP contribution in [0, 0.1) is 6.92 Å². The maximum absolute atomic E-state index is 5.70. The van der Waals surface area contributed by atoms with E-state index >= 15 is 0 Å². The van der Waals surface area contributed by atoms with E-state index in [0.29, 0.717) is 18.6 Å². The summed E-state index contributed by atoms with van der Waals surface area (Å²) in [5.74, 6) is 0.585. The Balaban J connectivity index is 1.85. The van der Waals surface area contributed by atoms with Gasteiger partial charge in [0.2, 0.25) is 0 Å². The summed E-state index contributed by atoms with van der Waals surface area (Å²) in [6, 6.07) is 0. The van der Waals surface area contributed by atoms with E-state index in [4.69, 9.17) is 16.3 Å². The van der Waals surface area contributed by atoms with Gasteiger partial charge in [0.15, 0.2) is 0 Å². The lowest BCUT2D eigenvalue weighted by Crippen LogP contribution is -2.37. The highest BCUT2D eigenvalue weighted by atomic mass is 79.9. The predicted octanol–water partition coefficient (Wildman–Crippen LogP) is 2.71. The molecule has 0 N–H and O–H groups in total. The molecule has 0 amide bonds. The Morgan fingerprint density at radius 2 is 2.11 bits per heavy atom. The Kier molecular flexibility index (Phi) is 5.69. The van der Waals surface area contributed by atoms with Crippen LogP contribution in [0.3, 0.4) is 0 Å². The van der Waals surface area contributed by atoms with Crippen molar-refractivity contribution in [2.24, 2.45) is 7.05 Å². The summed E-state index contributed by atoms with van der Waals surface area (Å²) >= 11 is 9.27. The van der Waals surface area contributed by atoms with Gasteiger partial charge in [-0.1, -0.05) is 0 Å². The first-order valence-electron chi connectivity index (χ1n) is 6.69. The molecule has 0 saturated carbocycles. The van der Waals surface area contributed by atoms with Crippen LogP contribution >= 0.6 is 27.5 Å². The SMILES string of the molecule is Cc1nn(C)c(CN2CCC(OCCCl)CC2)c1Br. The van der Waals surface area contributed by atoms with E-state index in [1.807, 2.05) is 18.7 Å². The van der Waals surface area contributed by atoms with E-state index in [-0.39, 0.29) is 0 Å². The molecular formula is C13H21BrClN3O. The minimum atomic E-state index is 0.381. The predicted molar refractivity (Wildman–Crippen MR) is 80.6 cm³/mol. The summed E-state index contributed by atoms with van der Waals surface area (Å²) in [5, 5.41) is 4.44. The van der Waals surface area contributed by atoms with Crippen molar-refractivity contribution >= 4 is 27.5 Å². The summed E-state index contributed by atoms with van der Waals surface area (Å²) in [5.41, 5.74) is 2.30. The van der Waals surface area contributed by atoms with E-state index < -0.39 is 0 Å². The normalized spacial score (nSPS) is 18.1. The molecule has 6 heteroatoms. The van der Waals surface area contributed by atoms with Crippen molar-refractivity contribution in [1.82, 2.24) is 14.7 Å². The van der Waals surface area contributed by atoms with Gasteiger partial charge in [0.05, 0.1) is 28.6 Å². The monoisotopic (exact) mass is 349 g/mol. The van der Waals surface area contributed by atoms with Crippen molar-refractivity contribution < 1.29 is 4.74 Å². The molecule has 1 aromatic rings. The van der Waals surface area contributed by atoms with Gasteiger partial charge in [-0.25, -0.2) is 0 Å². The molecule has 1 fully saturated rings. The van der Waals surface area contributed by atoms with Crippen LogP contribution in [0.25, 0.3) is 0 Å². The highest BCUT2D eigenvalue weighted by molar-refractivity contribution is 9.10. The number of aromatic nitrogens is 2. The molecule has 4 nitrogen and oxygen atoms in total. The average molecular weight is 351 g/mol. The van der Waals surface area contributed by atoms with Gasteiger partial charge in [-0.2, -0.15) is 5.10 Å². The third-order valence-corrected chi connectivity index (χ3v) is 4.79. The Hall–Kier alpha value is -0.100. The number of nitrogens with zero attached hydrogens (tertiary/aromatic N) is 3. The van der Waals surface area contributed by atoms with E-state index in [1.54, 1.807) is 0 Å². The molecular weight excluding hydrogens is 330 g/mol. The molecule has 2 heterocycles. The summed E-state index contributed by atoms with van der Waals surface area (Å²) in [6.07, 6.45) is 2.56. The van der Waals surface area contributed by atoms with Gasteiger partial charge in [-0.3, -0.25) is 9.58 Å². The largest absolute Gasteiger partial charge is 0.377 e. The lowest BCUT2D eigenvalue weighted by molar-refractivity contribution is 0.0129. The third-order valence-electron chi connectivity index (χ3n) is 3.60. The van der Waals surface area contributed by atoms with Crippen molar-refractivity contribution in [2.45, 2.75) is 32.4 Å². The number of likely N-dealkylation sites (tertiary alicyclic amines) is 1. The van der Waals surface area contributed by atoms with E-state index in [0.717, 1.165) is 42.6 Å². The number of halogens is 2. The van der Waals surface area contributed by atoms with Crippen LogP contribution < -0.4 is 0 Å². The quantitative estimate of drug-likeness (QED) is 0.765. The summed E-state index contributed by atoms with van der Waals surface area (Å²) in [4.78, 5) is 2.46. The Morgan fingerprint density at radius 3 is 2.63 bits per heavy atom. The molecule has 19 heavy (non-hydrogen) atoms. The second-order valence-corrected chi connectivity index (χ2v) is 6.18. The molecule has 0 spiro atoms. The smallest absolute Gasteiger partial charge is 0.0739 e. The second-order valence-electron chi connectivity index (χ2n) is 5.00. The Morgan fingerprint density at radius 1 is 1.42 bits per heavy atom. The van der Waals surface area contributed by atoms with Crippen LogP contribution in [0.5, 0.6) is 0 Å². The number of piperidine rings is 1. The number of ether oxygens (including phenoxy) is 1. The van der Waals surface area contributed by atoms with E-state index in [2.05, 4.69) is 25.9 Å². The van der Waals surface area contributed by atoms with Gasteiger partial charge in [-0.05, 0) is 35.7 Å². The highest BCUT2D eigenvalue weighted by Gasteiger charge is 2.21. The van der Waals surface area contributed by atoms with Gasteiger partial charge in [-0.15, -0.1) is 11.6 Å². The third kappa shape index (κ3) is 3.94. The van der Waals surface area contributed by atoms with Crippen LogP contribution in [0.4, 0.5) is 0 Å². The fraction of sp³-hybridized carbons (Fsp3) is 0.769. The van der Waals surface area contributed by atoms with Crippen LogP contribution in [-0.4, -0.2) is 46.4 Å². The molecule has 1 aliphatic heterocycles. The summed E-state index contributed by atoms with van der Waals surface area (Å²) < 4.78 is 8.80. The van der Waals surface area contributed by atoms with Gasteiger partial charge >= 0.3 is 0 Å². The number of hydrogen-bond donors (Lipinski definition) is 0. The highest BCUT2D eigenvalue weighted by Crippen LogP contribution is 2.23. The zero-order valence-corrected chi connectivity index (χ0v) is 13.9. The number of rotatable bonds is 5. The summed E-state index contributed by atoms with van der Waals surface area (Å²) in [6.45, 7) is 5.78. The van der Waals surface area contributed by atoms with Gasteiger partial charge in [0.1, 0.15) is 0 Å². The average Bonchev–Trinajstić information content (AvgIpc) is 2.64. The zero-order valence-electron chi connectivity index (χ0n) is 11.5. The maximum Gasteiger partial charge on any atom is 0.0739 e. The molecule has 0 aliphatic carbocycles. The number of alkyl halides is 1. The molecule has 2 rings (SSSR count). The molecule has 0 unspecified atom stereocenters. The first kappa shape index (κ1) is 15.3. The Labute approximate surface area is 128 Å². The molecule has 0 bridgehead atoms. The van der Waals surface area contributed by atoms with Crippen LogP contribution in [0.2, 0.25) is 0 Å². The fourth-order valence-electron chi connectivity index (χ4n) is 2.51. The van der Waals surface area contributed by atoms with Crippen LogP contribution in [0.15, 0.2) is 4.47 Å². The maximum atomic E-state index is 5.70. The van der Waals surface area contributed by atoms with Gasteiger partial charge in [0, 0.05) is 32.6 Å². The lowest BCUT2D eigenvalue weighted by atomic mass is 10.1. The van der Waals surface area contributed by atoms with Crippen molar-refractivity contribution in [3.63, 3.8) is 0 Å². The minimum Gasteiger partial charge on any atom is -0.377 e. The standard InChI is InChI=1S/C13H21BrClN3O/c1-10-13(14)12(17(2)16-10)9-18-6-3-11(4-7-18)19-8-5-15/h11H,3-9H2,1-2H3. The van der Waals surface area contributed by atoms with E-state index in [9.17, 15) is 0 Å². The molecule has 0 atom stereocenters. The minimum absolute atomic E-state index is 0.381. The second kappa shape index (κ2) is 7.07. The van der Waals surface area contributed by atoms with Gasteiger partial charge in [0.25, 0.3) is 0 Å². The number of aryl methyl sites for hydroxylation is 2. The zero-order chi connectivity index (χ0) is 13.8. The lowest BCUT2D eigenvalue weighted by Gasteiger charge is -2.31. The van der Waals surface area contributed by atoms with Crippen LogP contribution in [0.1, 0.15) is 24.2 Å². The van der Waals surface area contributed by atoms with Crippen molar-refractivity contribution in [3.05, 3.63) is 15.9 Å². The molecule has 0 radical (unpaired) electrons. The van der Waals surface area contributed by atoms with E-state index in [1.165, 1.54) is 5.69 Å². The van der Waals surface area contributed by atoms with Crippen molar-refractivity contribution in [3.8, 4) is 0 Å². The molecule has 108 valence electrons. The first-order valence-corrected chi connectivity index (χ1v) is 8.02. The molecule has 1 aromatic heterocycles. The molecule has 1 saturated heterocycles. The van der Waals surface area contributed by atoms with Crippen molar-refractivity contribution in [2.75, 3.05) is 25.6 Å².